The van der Waals surface area contributed by atoms with Crippen LogP contribution in [-0.4, -0.2) is 18.3 Å². The van der Waals surface area contributed by atoms with E-state index in [1.165, 1.54) is 12.8 Å². The van der Waals surface area contributed by atoms with Crippen LogP contribution in [0.25, 0.3) is 0 Å². The van der Waals surface area contributed by atoms with Gasteiger partial charge >= 0.3 is 0 Å². The molecule has 0 amide bonds. The second-order valence-corrected chi connectivity index (χ2v) is 5.92. The van der Waals surface area contributed by atoms with Gasteiger partial charge < -0.3 is 15.2 Å². The highest BCUT2D eigenvalue weighted by molar-refractivity contribution is 5.31. The molecule has 1 atom stereocenters. The van der Waals surface area contributed by atoms with Crippen molar-refractivity contribution in [2.24, 2.45) is 5.73 Å². The number of nitrogens with two attached hydrogens (primary N) is 1. The molecule has 0 bridgehead atoms. The van der Waals surface area contributed by atoms with Crippen LogP contribution in [0.1, 0.15) is 45.2 Å². The topological polar surface area (TPSA) is 44.5 Å². The molecule has 1 unspecified atom stereocenters. The fourth-order valence-electron chi connectivity index (χ4n) is 1.63. The van der Waals surface area contributed by atoms with Gasteiger partial charge in [-0.2, -0.15) is 0 Å². The lowest BCUT2D eigenvalue weighted by Crippen LogP contribution is -2.26. The van der Waals surface area contributed by atoms with Gasteiger partial charge in [-0.15, -0.1) is 0 Å². The minimum atomic E-state index is -0.153. The SMILES string of the molecule is CC(C)(C)OCC(N)c1cccc(OC2CC2)c1. The van der Waals surface area contributed by atoms with Crippen LogP contribution in [0.4, 0.5) is 0 Å². The van der Waals surface area contributed by atoms with Crippen LogP contribution in [-0.2, 0) is 4.74 Å². The van der Waals surface area contributed by atoms with Crippen LogP contribution < -0.4 is 10.5 Å². The first-order valence-corrected chi connectivity index (χ1v) is 6.60. The molecule has 2 N–H and O–H groups in total. The van der Waals surface area contributed by atoms with Crippen molar-refractivity contribution in [3.05, 3.63) is 29.8 Å². The second kappa shape index (κ2) is 5.29. The second-order valence-electron chi connectivity index (χ2n) is 5.92. The molecule has 18 heavy (non-hydrogen) atoms. The molecule has 0 spiro atoms. The predicted molar refractivity (Wildman–Crippen MR) is 72.7 cm³/mol. The number of ether oxygens (including phenoxy) is 2. The summed E-state index contributed by atoms with van der Waals surface area (Å²) in [4.78, 5) is 0. The van der Waals surface area contributed by atoms with E-state index < -0.39 is 0 Å². The fraction of sp³-hybridized carbons (Fsp3) is 0.600. The van der Waals surface area contributed by atoms with E-state index in [1.54, 1.807) is 0 Å². The third-order valence-corrected chi connectivity index (χ3v) is 2.81. The van der Waals surface area contributed by atoms with E-state index in [4.69, 9.17) is 15.2 Å². The van der Waals surface area contributed by atoms with Crippen molar-refractivity contribution in [1.82, 2.24) is 0 Å². The van der Waals surface area contributed by atoms with Gasteiger partial charge in [0.1, 0.15) is 5.75 Å². The van der Waals surface area contributed by atoms with Gasteiger partial charge in [0.2, 0.25) is 0 Å². The summed E-state index contributed by atoms with van der Waals surface area (Å²) >= 11 is 0. The van der Waals surface area contributed by atoms with Crippen molar-refractivity contribution in [3.63, 3.8) is 0 Å². The molecule has 3 nitrogen and oxygen atoms in total. The Morgan fingerprint density at radius 2 is 2.06 bits per heavy atom. The predicted octanol–water partition coefficient (Wildman–Crippen LogP) is 3.04. The van der Waals surface area contributed by atoms with Gasteiger partial charge in [0.05, 0.1) is 24.4 Å². The highest BCUT2D eigenvalue weighted by atomic mass is 16.5. The molecule has 1 aromatic carbocycles. The monoisotopic (exact) mass is 249 g/mol. The summed E-state index contributed by atoms with van der Waals surface area (Å²) < 4.78 is 11.5. The van der Waals surface area contributed by atoms with Crippen LogP contribution in [0.2, 0.25) is 0 Å². The summed E-state index contributed by atoms with van der Waals surface area (Å²) in [7, 11) is 0. The third-order valence-electron chi connectivity index (χ3n) is 2.81. The van der Waals surface area contributed by atoms with Gasteiger partial charge in [0.15, 0.2) is 0 Å². The zero-order valence-electron chi connectivity index (χ0n) is 11.5. The summed E-state index contributed by atoms with van der Waals surface area (Å²) in [6.07, 6.45) is 2.76. The van der Waals surface area contributed by atoms with Crippen LogP contribution in [0, 0.1) is 0 Å². The number of rotatable bonds is 5. The molecular formula is C15H23NO2. The van der Waals surface area contributed by atoms with Gasteiger partial charge in [-0.25, -0.2) is 0 Å². The summed E-state index contributed by atoms with van der Waals surface area (Å²) in [6, 6.07) is 7.92. The van der Waals surface area contributed by atoms with Crippen molar-refractivity contribution in [2.45, 2.75) is 51.4 Å². The number of hydrogen-bond acceptors (Lipinski definition) is 3. The minimum absolute atomic E-state index is 0.105. The van der Waals surface area contributed by atoms with Crippen molar-refractivity contribution < 1.29 is 9.47 Å². The maximum absolute atomic E-state index is 6.14. The van der Waals surface area contributed by atoms with Gasteiger partial charge in [0, 0.05) is 0 Å². The van der Waals surface area contributed by atoms with Gasteiger partial charge in [-0.1, -0.05) is 12.1 Å². The summed E-state index contributed by atoms with van der Waals surface area (Å²) in [5, 5.41) is 0. The average Bonchev–Trinajstić information content (AvgIpc) is 3.09. The lowest BCUT2D eigenvalue weighted by molar-refractivity contribution is -0.0102. The Hall–Kier alpha value is -1.06. The molecule has 3 heteroatoms. The summed E-state index contributed by atoms with van der Waals surface area (Å²) in [5.74, 6) is 0.918. The largest absolute Gasteiger partial charge is 0.490 e. The molecule has 2 rings (SSSR count). The standard InChI is InChI=1S/C15H23NO2/c1-15(2,3)17-10-14(16)11-5-4-6-13(9-11)18-12-7-8-12/h4-6,9,12,14H,7-8,10,16H2,1-3H3. The van der Waals surface area contributed by atoms with Crippen molar-refractivity contribution in [2.75, 3.05) is 6.61 Å². The Bertz CT molecular complexity index is 394. The lowest BCUT2D eigenvalue weighted by Gasteiger charge is -2.22. The zero-order valence-corrected chi connectivity index (χ0v) is 11.5. The first-order valence-electron chi connectivity index (χ1n) is 6.60. The van der Waals surface area contributed by atoms with E-state index in [0.29, 0.717) is 12.7 Å². The molecule has 1 aromatic rings. The molecule has 1 fully saturated rings. The molecule has 0 heterocycles. The van der Waals surface area contributed by atoms with Crippen LogP contribution in [0.5, 0.6) is 5.75 Å². The maximum Gasteiger partial charge on any atom is 0.120 e. The van der Waals surface area contributed by atoms with Crippen LogP contribution in [0.15, 0.2) is 24.3 Å². The summed E-state index contributed by atoms with van der Waals surface area (Å²) in [6.45, 7) is 6.63. The van der Waals surface area contributed by atoms with Crippen molar-refractivity contribution >= 4 is 0 Å². The van der Waals surface area contributed by atoms with E-state index in [9.17, 15) is 0 Å². The van der Waals surface area contributed by atoms with Crippen molar-refractivity contribution in [1.29, 1.82) is 0 Å². The van der Waals surface area contributed by atoms with Crippen LogP contribution in [0.3, 0.4) is 0 Å². The molecule has 0 aromatic heterocycles. The average molecular weight is 249 g/mol. The fourth-order valence-corrected chi connectivity index (χ4v) is 1.63. The Morgan fingerprint density at radius 3 is 2.67 bits per heavy atom. The van der Waals surface area contributed by atoms with E-state index in [0.717, 1.165) is 11.3 Å². The van der Waals surface area contributed by atoms with Gasteiger partial charge in [0.25, 0.3) is 0 Å². The molecular weight excluding hydrogens is 226 g/mol. The zero-order chi connectivity index (χ0) is 13.2. The first kappa shape index (κ1) is 13.4. The lowest BCUT2D eigenvalue weighted by atomic mass is 10.1. The molecule has 0 saturated heterocycles. The molecule has 1 aliphatic rings. The van der Waals surface area contributed by atoms with E-state index in [2.05, 4.69) is 0 Å². The Morgan fingerprint density at radius 1 is 1.33 bits per heavy atom. The quantitative estimate of drug-likeness (QED) is 0.872. The molecule has 100 valence electrons. The van der Waals surface area contributed by atoms with Gasteiger partial charge in [-0.05, 0) is 51.3 Å². The van der Waals surface area contributed by atoms with E-state index in [-0.39, 0.29) is 11.6 Å². The number of hydrogen-bond donors (Lipinski definition) is 1. The highest BCUT2D eigenvalue weighted by Gasteiger charge is 2.23. The highest BCUT2D eigenvalue weighted by Crippen LogP contribution is 2.28. The molecule has 0 aliphatic heterocycles. The van der Waals surface area contributed by atoms with Gasteiger partial charge in [-0.3, -0.25) is 0 Å². The number of benzene rings is 1. The Balaban J connectivity index is 1.93. The smallest absolute Gasteiger partial charge is 0.120 e. The molecule has 1 saturated carbocycles. The Kier molecular flexibility index (Phi) is 3.93. The van der Waals surface area contributed by atoms with E-state index in [1.807, 2.05) is 45.0 Å². The third kappa shape index (κ3) is 4.31. The molecule has 0 radical (unpaired) electrons. The Labute approximate surface area is 109 Å². The molecule has 1 aliphatic carbocycles. The van der Waals surface area contributed by atoms with E-state index >= 15 is 0 Å². The van der Waals surface area contributed by atoms with Crippen molar-refractivity contribution in [3.8, 4) is 5.75 Å². The maximum atomic E-state index is 6.14. The summed E-state index contributed by atoms with van der Waals surface area (Å²) in [5.41, 5.74) is 7.05. The van der Waals surface area contributed by atoms with Crippen LogP contribution >= 0.6 is 0 Å². The minimum Gasteiger partial charge on any atom is -0.490 e. The first-order chi connectivity index (χ1) is 8.44. The normalized spacial score (nSPS) is 17.6.